The van der Waals surface area contributed by atoms with Gasteiger partial charge in [-0.25, -0.2) is 0 Å². The first-order valence-electron chi connectivity index (χ1n) is 3.33. The fourth-order valence-corrected chi connectivity index (χ4v) is 0.642. The van der Waals surface area contributed by atoms with Crippen molar-refractivity contribution in [2.24, 2.45) is 0 Å². The minimum atomic E-state index is 0. The van der Waals surface area contributed by atoms with Crippen LogP contribution in [-0.4, -0.2) is 0 Å². The van der Waals surface area contributed by atoms with Crippen molar-refractivity contribution in [3.63, 3.8) is 0 Å². The third-order valence-corrected chi connectivity index (χ3v) is 1.11. The second-order valence-corrected chi connectivity index (χ2v) is 1.92. The SMILES string of the molecule is [CH3-].[CH3-].[CH]1[CH][CH][CH][CH]1.[CH]1[CH][CH][CH][CH]1.[Hf]. The van der Waals surface area contributed by atoms with Crippen molar-refractivity contribution in [2.45, 2.75) is 0 Å². The van der Waals surface area contributed by atoms with E-state index in [4.69, 9.17) is 0 Å². The first kappa shape index (κ1) is 19.4. The van der Waals surface area contributed by atoms with E-state index in [2.05, 4.69) is 0 Å². The molecule has 0 N–H and O–H groups in total. The van der Waals surface area contributed by atoms with Gasteiger partial charge in [0.2, 0.25) is 0 Å². The first-order valence-corrected chi connectivity index (χ1v) is 3.33. The Kier molecular flexibility index (Phi) is 23.0. The molecule has 0 aromatic rings. The van der Waals surface area contributed by atoms with Crippen molar-refractivity contribution in [1.82, 2.24) is 0 Å². The van der Waals surface area contributed by atoms with E-state index in [-0.39, 0.29) is 40.7 Å². The minimum Gasteiger partial charge on any atom is -0.358 e. The maximum Gasteiger partial charge on any atom is 0 e. The molecule has 0 bridgehead atoms. The Balaban J connectivity index is -0.000000125. The van der Waals surface area contributed by atoms with E-state index in [9.17, 15) is 0 Å². The van der Waals surface area contributed by atoms with Gasteiger partial charge in [0, 0.05) is 25.8 Å². The van der Waals surface area contributed by atoms with Gasteiger partial charge in [-0.15, -0.1) is 0 Å². The molecule has 0 heterocycles. The third-order valence-electron chi connectivity index (χ3n) is 1.11. The number of rotatable bonds is 0. The quantitative estimate of drug-likeness (QED) is 0.470. The standard InChI is InChI=1S/2C5H5.2CH3.Hf/c2*1-2-4-5-3-1;;;/h2*1-5H;2*1H3;/q;;2*-1;. The van der Waals surface area contributed by atoms with Gasteiger partial charge in [0.1, 0.15) is 0 Å². The summed E-state index contributed by atoms with van der Waals surface area (Å²) in [6.07, 6.45) is 20.0. The van der Waals surface area contributed by atoms with Gasteiger partial charge in [0.05, 0.1) is 0 Å². The predicted molar refractivity (Wildman–Crippen MR) is 55.8 cm³/mol. The van der Waals surface area contributed by atoms with Gasteiger partial charge in [0.25, 0.3) is 0 Å². The van der Waals surface area contributed by atoms with Gasteiger partial charge in [0.15, 0.2) is 0 Å². The molecule has 0 atom stereocenters. The van der Waals surface area contributed by atoms with Crippen molar-refractivity contribution in [2.75, 3.05) is 0 Å². The minimum absolute atomic E-state index is 0. The average Bonchev–Trinajstić information content (AvgIpc) is 2.67. The molecule has 13 heavy (non-hydrogen) atoms. The normalized spacial score (nSPS) is 18.5. The summed E-state index contributed by atoms with van der Waals surface area (Å²) in [5, 5.41) is 0. The summed E-state index contributed by atoms with van der Waals surface area (Å²) in [5.41, 5.74) is 0. The van der Waals surface area contributed by atoms with E-state index in [1.807, 2.05) is 64.2 Å². The number of hydrogen-bond donors (Lipinski definition) is 0. The average molecular weight is 339 g/mol. The summed E-state index contributed by atoms with van der Waals surface area (Å²) >= 11 is 0. The molecule has 0 unspecified atom stereocenters. The zero-order chi connectivity index (χ0) is 7.07. The Morgan fingerprint density at radius 2 is 0.385 bits per heavy atom. The summed E-state index contributed by atoms with van der Waals surface area (Å²) in [4.78, 5) is 0. The molecule has 0 amide bonds. The Morgan fingerprint density at radius 3 is 0.462 bits per heavy atom. The molecule has 10 radical (unpaired) electrons. The van der Waals surface area contributed by atoms with E-state index in [1.54, 1.807) is 0 Å². The monoisotopic (exact) mass is 340 g/mol. The molecule has 2 aliphatic carbocycles. The van der Waals surface area contributed by atoms with Gasteiger partial charge >= 0.3 is 0 Å². The molecule has 0 spiro atoms. The van der Waals surface area contributed by atoms with Crippen LogP contribution in [0, 0.1) is 79.1 Å². The Morgan fingerprint density at radius 1 is 0.308 bits per heavy atom. The van der Waals surface area contributed by atoms with Gasteiger partial charge in [-0.1, -0.05) is 0 Å². The molecule has 70 valence electrons. The van der Waals surface area contributed by atoms with Crippen LogP contribution < -0.4 is 0 Å². The Labute approximate surface area is 105 Å². The smallest absolute Gasteiger partial charge is 0 e. The maximum atomic E-state index is 2.00. The van der Waals surface area contributed by atoms with Crippen LogP contribution in [0.1, 0.15) is 0 Å². The maximum absolute atomic E-state index is 2.00. The zero-order valence-electron chi connectivity index (χ0n) is 8.27. The number of hydrogen-bond acceptors (Lipinski definition) is 0. The van der Waals surface area contributed by atoms with E-state index < -0.39 is 0 Å². The van der Waals surface area contributed by atoms with Crippen LogP contribution in [0.2, 0.25) is 0 Å². The predicted octanol–water partition coefficient (Wildman–Crippen LogP) is 2.94. The summed E-state index contributed by atoms with van der Waals surface area (Å²) in [6, 6.07) is 0. The van der Waals surface area contributed by atoms with Crippen molar-refractivity contribution in [3.05, 3.63) is 79.1 Å². The summed E-state index contributed by atoms with van der Waals surface area (Å²) in [6.45, 7) is 0. The van der Waals surface area contributed by atoms with Crippen molar-refractivity contribution in [1.29, 1.82) is 0 Å². The Hall–Kier alpha value is 0.870. The van der Waals surface area contributed by atoms with Crippen LogP contribution in [0.3, 0.4) is 0 Å². The van der Waals surface area contributed by atoms with Crippen molar-refractivity contribution >= 4 is 0 Å². The van der Waals surface area contributed by atoms with E-state index in [1.165, 1.54) is 0 Å². The van der Waals surface area contributed by atoms with Crippen LogP contribution in [0.25, 0.3) is 0 Å². The van der Waals surface area contributed by atoms with Crippen LogP contribution >= 0.6 is 0 Å². The fraction of sp³-hybridized carbons (Fsp3) is 0. The van der Waals surface area contributed by atoms with Gasteiger partial charge in [-0.2, -0.15) is 0 Å². The molecule has 0 aromatic heterocycles. The van der Waals surface area contributed by atoms with Gasteiger partial charge < -0.3 is 14.9 Å². The van der Waals surface area contributed by atoms with E-state index in [0.29, 0.717) is 0 Å². The summed E-state index contributed by atoms with van der Waals surface area (Å²) in [7, 11) is 0. The molecule has 0 saturated heterocycles. The molecule has 2 aliphatic rings. The molecular formula is C12H16Hf-2. The largest absolute Gasteiger partial charge is 0.358 e. The molecule has 0 aliphatic heterocycles. The molecule has 0 aromatic carbocycles. The molecule has 2 saturated carbocycles. The van der Waals surface area contributed by atoms with Crippen LogP contribution in [-0.2, 0) is 25.8 Å². The summed E-state index contributed by atoms with van der Waals surface area (Å²) in [5.74, 6) is 0. The summed E-state index contributed by atoms with van der Waals surface area (Å²) < 4.78 is 0. The second kappa shape index (κ2) is 15.3. The molecule has 1 heteroatoms. The molecule has 2 fully saturated rings. The molecule has 0 nitrogen and oxygen atoms in total. The van der Waals surface area contributed by atoms with E-state index in [0.717, 1.165) is 0 Å². The Bertz CT molecular complexity index is 38.3. The van der Waals surface area contributed by atoms with Crippen molar-refractivity contribution in [3.8, 4) is 0 Å². The molecular weight excluding hydrogens is 323 g/mol. The fourth-order valence-electron chi connectivity index (χ4n) is 0.642. The van der Waals surface area contributed by atoms with Gasteiger partial charge in [-0.05, 0) is 64.2 Å². The third kappa shape index (κ3) is 12.9. The van der Waals surface area contributed by atoms with E-state index >= 15 is 0 Å². The second-order valence-electron chi connectivity index (χ2n) is 1.92. The van der Waals surface area contributed by atoms with Gasteiger partial charge in [-0.3, -0.25) is 0 Å². The van der Waals surface area contributed by atoms with Crippen molar-refractivity contribution < 1.29 is 25.8 Å². The zero-order valence-corrected chi connectivity index (χ0v) is 11.9. The topological polar surface area (TPSA) is 0 Å². The molecule has 2 rings (SSSR count). The van der Waals surface area contributed by atoms with Crippen LogP contribution in [0.4, 0.5) is 0 Å². The van der Waals surface area contributed by atoms with Crippen LogP contribution in [0.15, 0.2) is 0 Å². The van der Waals surface area contributed by atoms with Crippen LogP contribution in [0.5, 0.6) is 0 Å². The first-order chi connectivity index (χ1) is 5.00.